The number of anilines is 1. The Bertz CT molecular complexity index is 651. The van der Waals surface area contributed by atoms with Gasteiger partial charge in [-0.1, -0.05) is 15.9 Å². The van der Waals surface area contributed by atoms with Gasteiger partial charge in [0.15, 0.2) is 0 Å². The van der Waals surface area contributed by atoms with Crippen LogP contribution in [0.3, 0.4) is 0 Å². The predicted molar refractivity (Wildman–Crippen MR) is 78.1 cm³/mol. The van der Waals surface area contributed by atoms with Crippen LogP contribution >= 0.6 is 27.3 Å². The summed E-state index contributed by atoms with van der Waals surface area (Å²) in [6.07, 6.45) is 0. The first-order chi connectivity index (χ1) is 8.97. The van der Waals surface area contributed by atoms with Gasteiger partial charge < -0.3 is 10.4 Å². The molecule has 0 bridgehead atoms. The first kappa shape index (κ1) is 13.8. The third kappa shape index (κ3) is 3.21. The first-order valence-electron chi connectivity index (χ1n) is 5.36. The van der Waals surface area contributed by atoms with Crippen LogP contribution in [0.1, 0.15) is 25.6 Å². The molecule has 98 valence electrons. The maximum absolute atomic E-state index is 12.0. The van der Waals surface area contributed by atoms with Crippen LogP contribution in [-0.4, -0.2) is 17.0 Å². The molecule has 0 unspecified atom stereocenters. The van der Waals surface area contributed by atoms with Crippen molar-refractivity contribution in [3.63, 3.8) is 0 Å². The number of nitrogens with one attached hydrogen (secondary N) is 1. The van der Waals surface area contributed by atoms with Crippen LogP contribution in [0.5, 0.6) is 0 Å². The van der Waals surface area contributed by atoms with Crippen molar-refractivity contribution in [2.75, 3.05) is 5.32 Å². The molecule has 6 heteroatoms. The van der Waals surface area contributed by atoms with Crippen molar-refractivity contribution >= 4 is 44.8 Å². The molecule has 1 aromatic carbocycles. The molecule has 0 atom stereocenters. The smallest absolute Gasteiger partial charge is 0.335 e. The number of aromatic carboxylic acids is 1. The van der Waals surface area contributed by atoms with Gasteiger partial charge in [-0.15, -0.1) is 11.3 Å². The van der Waals surface area contributed by atoms with E-state index >= 15 is 0 Å². The van der Waals surface area contributed by atoms with E-state index in [1.165, 1.54) is 23.5 Å². The molecule has 0 aliphatic heterocycles. The van der Waals surface area contributed by atoms with Gasteiger partial charge in [-0.3, -0.25) is 4.79 Å². The number of rotatable bonds is 3. The Hall–Kier alpha value is -1.66. The number of carbonyl (C=O) groups is 2. The van der Waals surface area contributed by atoms with E-state index in [1.807, 2.05) is 18.4 Å². The first-order valence-corrected chi connectivity index (χ1v) is 7.04. The molecule has 1 amide bonds. The quantitative estimate of drug-likeness (QED) is 0.894. The molecule has 0 saturated carbocycles. The Kier molecular flexibility index (Phi) is 4.01. The van der Waals surface area contributed by atoms with Crippen molar-refractivity contribution < 1.29 is 14.7 Å². The second kappa shape index (κ2) is 5.54. The van der Waals surface area contributed by atoms with E-state index in [2.05, 4.69) is 21.2 Å². The molecule has 0 fully saturated rings. The fraction of sp³-hybridized carbons (Fsp3) is 0.0769. The molecule has 0 aliphatic carbocycles. The van der Waals surface area contributed by atoms with Gasteiger partial charge in [0.2, 0.25) is 0 Å². The lowest BCUT2D eigenvalue weighted by Gasteiger charge is -2.06. The highest BCUT2D eigenvalue weighted by Gasteiger charge is 2.12. The summed E-state index contributed by atoms with van der Waals surface area (Å²) in [4.78, 5) is 23.6. The average Bonchev–Trinajstić information content (AvgIpc) is 2.74. The number of carbonyl (C=O) groups excluding carboxylic acids is 1. The topological polar surface area (TPSA) is 66.4 Å². The zero-order valence-electron chi connectivity index (χ0n) is 9.94. The summed E-state index contributed by atoms with van der Waals surface area (Å²) in [5.74, 6) is -1.27. The molecular weight excluding hydrogens is 330 g/mol. The number of halogens is 1. The maximum atomic E-state index is 12.0. The molecule has 2 aromatic rings. The average molecular weight is 340 g/mol. The Morgan fingerprint density at radius 3 is 2.63 bits per heavy atom. The summed E-state index contributed by atoms with van der Waals surface area (Å²) in [6.45, 7) is 1.86. The van der Waals surface area contributed by atoms with E-state index in [0.29, 0.717) is 15.0 Å². The summed E-state index contributed by atoms with van der Waals surface area (Å²) >= 11 is 4.57. The van der Waals surface area contributed by atoms with Crippen LogP contribution in [-0.2, 0) is 0 Å². The predicted octanol–water partition coefficient (Wildman–Crippen LogP) is 3.77. The molecule has 2 rings (SSSR count). The molecule has 2 N–H and O–H groups in total. The van der Waals surface area contributed by atoms with Gasteiger partial charge in [-0.05, 0) is 42.1 Å². The number of hydrogen-bond donors (Lipinski definition) is 2. The molecule has 0 aliphatic rings. The fourth-order valence-corrected chi connectivity index (χ4v) is 2.89. The number of carboxylic acids is 1. The van der Waals surface area contributed by atoms with Crippen molar-refractivity contribution in [3.8, 4) is 0 Å². The van der Waals surface area contributed by atoms with Crippen molar-refractivity contribution in [1.82, 2.24) is 0 Å². The molecule has 0 saturated heterocycles. The van der Waals surface area contributed by atoms with E-state index in [9.17, 15) is 9.59 Å². The number of aryl methyl sites for hydroxylation is 1. The van der Waals surface area contributed by atoms with Crippen molar-refractivity contribution in [1.29, 1.82) is 0 Å². The normalized spacial score (nSPS) is 10.2. The lowest BCUT2D eigenvalue weighted by Crippen LogP contribution is -2.12. The van der Waals surface area contributed by atoms with Gasteiger partial charge in [0.05, 0.1) is 10.4 Å². The van der Waals surface area contributed by atoms with Gasteiger partial charge in [-0.2, -0.15) is 0 Å². The van der Waals surface area contributed by atoms with Crippen LogP contribution in [0, 0.1) is 6.92 Å². The second-order valence-electron chi connectivity index (χ2n) is 3.92. The van der Waals surface area contributed by atoms with E-state index in [0.717, 1.165) is 5.56 Å². The van der Waals surface area contributed by atoms with Gasteiger partial charge in [0.25, 0.3) is 5.91 Å². The minimum absolute atomic E-state index is 0.118. The fourth-order valence-electron chi connectivity index (χ4n) is 1.58. The molecule has 1 aromatic heterocycles. The summed E-state index contributed by atoms with van der Waals surface area (Å²) in [5.41, 5.74) is 1.47. The third-order valence-corrected chi connectivity index (χ3v) is 3.94. The van der Waals surface area contributed by atoms with E-state index in [1.54, 1.807) is 6.07 Å². The van der Waals surface area contributed by atoms with Gasteiger partial charge in [-0.25, -0.2) is 4.79 Å². The van der Waals surface area contributed by atoms with Gasteiger partial charge >= 0.3 is 5.97 Å². The standard InChI is InChI=1S/C13H10BrNO3S/c1-7-2-3-19-11(7)12(16)15-10-5-8(13(17)18)4-9(14)6-10/h2-6H,1H3,(H,15,16)(H,17,18). The largest absolute Gasteiger partial charge is 0.478 e. The summed E-state index contributed by atoms with van der Waals surface area (Å²) in [6, 6.07) is 6.43. The summed E-state index contributed by atoms with van der Waals surface area (Å²) in [5, 5.41) is 13.5. The highest BCUT2D eigenvalue weighted by molar-refractivity contribution is 9.10. The van der Waals surface area contributed by atoms with E-state index < -0.39 is 5.97 Å². The minimum atomic E-state index is -1.04. The highest BCUT2D eigenvalue weighted by Crippen LogP contribution is 2.22. The Morgan fingerprint density at radius 1 is 1.32 bits per heavy atom. The third-order valence-electron chi connectivity index (χ3n) is 2.47. The SMILES string of the molecule is Cc1ccsc1C(=O)Nc1cc(Br)cc(C(=O)O)c1. The molecule has 0 radical (unpaired) electrons. The van der Waals surface area contributed by atoms with Crippen LogP contribution < -0.4 is 5.32 Å². The van der Waals surface area contributed by atoms with E-state index in [4.69, 9.17) is 5.11 Å². The molecule has 0 spiro atoms. The lowest BCUT2D eigenvalue weighted by molar-refractivity contribution is 0.0696. The number of amides is 1. The van der Waals surface area contributed by atoms with Crippen LogP contribution in [0.15, 0.2) is 34.1 Å². The number of thiophene rings is 1. The number of hydrogen-bond acceptors (Lipinski definition) is 3. The van der Waals surface area contributed by atoms with Crippen molar-refractivity contribution in [3.05, 3.63) is 50.1 Å². The Labute approximate surface area is 122 Å². The summed E-state index contributed by atoms with van der Waals surface area (Å²) < 4.78 is 0.602. The second-order valence-corrected chi connectivity index (χ2v) is 5.75. The lowest BCUT2D eigenvalue weighted by atomic mass is 10.2. The molecule has 4 nitrogen and oxygen atoms in total. The van der Waals surface area contributed by atoms with Gasteiger partial charge in [0.1, 0.15) is 0 Å². The van der Waals surface area contributed by atoms with Crippen LogP contribution in [0.4, 0.5) is 5.69 Å². The number of benzene rings is 1. The highest BCUT2D eigenvalue weighted by atomic mass is 79.9. The number of carboxylic acid groups (broad SMARTS) is 1. The monoisotopic (exact) mass is 339 g/mol. The molecule has 19 heavy (non-hydrogen) atoms. The zero-order valence-corrected chi connectivity index (χ0v) is 12.3. The van der Waals surface area contributed by atoms with E-state index in [-0.39, 0.29) is 11.5 Å². The van der Waals surface area contributed by atoms with Crippen LogP contribution in [0.25, 0.3) is 0 Å². The van der Waals surface area contributed by atoms with Gasteiger partial charge in [0, 0.05) is 10.2 Å². The van der Waals surface area contributed by atoms with Crippen molar-refractivity contribution in [2.24, 2.45) is 0 Å². The molecular formula is C13H10BrNO3S. The maximum Gasteiger partial charge on any atom is 0.335 e. The van der Waals surface area contributed by atoms with Crippen LogP contribution in [0.2, 0.25) is 0 Å². The molecule has 1 heterocycles. The Balaban J connectivity index is 2.26. The van der Waals surface area contributed by atoms with Crippen molar-refractivity contribution in [2.45, 2.75) is 6.92 Å². The minimum Gasteiger partial charge on any atom is -0.478 e. The Morgan fingerprint density at radius 2 is 2.05 bits per heavy atom. The zero-order chi connectivity index (χ0) is 14.0. The summed E-state index contributed by atoms with van der Waals surface area (Å²) in [7, 11) is 0.